The number of nitrogens with zero attached hydrogens (tertiary/aromatic N) is 2. The average Bonchev–Trinajstić information content (AvgIpc) is 3.22. The van der Waals surface area contributed by atoms with E-state index >= 15 is 4.39 Å². The van der Waals surface area contributed by atoms with E-state index in [0.717, 1.165) is 16.5 Å². The van der Waals surface area contributed by atoms with Crippen molar-refractivity contribution in [1.29, 1.82) is 0 Å². The Hall–Kier alpha value is -1.75. The second-order valence-electron chi connectivity index (χ2n) is 11.0. The lowest BCUT2D eigenvalue weighted by Gasteiger charge is -2.29. The number of rotatable bonds is 7. The Balaban J connectivity index is 1.86. The number of halogens is 3. The first-order valence-electron chi connectivity index (χ1n) is 11.9. The van der Waals surface area contributed by atoms with Crippen LogP contribution in [0.15, 0.2) is 57.7 Å². The summed E-state index contributed by atoms with van der Waals surface area (Å²) >= 11 is 8.20. The van der Waals surface area contributed by atoms with Gasteiger partial charge >= 0.3 is 0 Å². The van der Waals surface area contributed by atoms with Gasteiger partial charge in [0.15, 0.2) is 5.58 Å². The molecule has 5 nitrogen and oxygen atoms in total. The summed E-state index contributed by atoms with van der Waals surface area (Å²) in [6.07, 6.45) is 0.198. The molecule has 4 aromatic rings. The van der Waals surface area contributed by atoms with Crippen molar-refractivity contribution in [1.82, 2.24) is 14.9 Å². The molecule has 1 unspecified atom stereocenters. The highest BCUT2D eigenvalue weighted by atomic mass is 79.9. The molecule has 0 spiro atoms. The monoisotopic (exact) mass is 621 g/mol. The van der Waals surface area contributed by atoms with E-state index < -0.39 is 30.2 Å². The Kier molecular flexibility index (Phi) is 8.24. The number of benzene rings is 2. The highest BCUT2D eigenvalue weighted by Gasteiger charge is 2.33. The first-order chi connectivity index (χ1) is 17.3. The van der Waals surface area contributed by atoms with Gasteiger partial charge in [0.2, 0.25) is 0 Å². The SMILES string of the molecule is CC(C)(C)[S@+]([O-])NC(Cc1nc(Br)cc([Si](C)(C)C)c1F)c1ccccc1-c1noc2cc(Cl)ccc12. The van der Waals surface area contributed by atoms with Gasteiger partial charge in [0.05, 0.1) is 19.8 Å². The molecule has 0 amide bonds. The predicted octanol–water partition coefficient (Wildman–Crippen LogP) is 7.33. The minimum Gasteiger partial charge on any atom is -0.598 e. The summed E-state index contributed by atoms with van der Waals surface area (Å²) in [6, 6.07) is 14.3. The zero-order chi connectivity index (χ0) is 27.1. The van der Waals surface area contributed by atoms with E-state index in [4.69, 9.17) is 16.1 Å². The molecule has 1 N–H and O–H groups in total. The quantitative estimate of drug-likeness (QED) is 0.133. The van der Waals surface area contributed by atoms with Gasteiger partial charge in [-0.25, -0.2) is 9.37 Å². The molecule has 0 fully saturated rings. The zero-order valence-corrected chi connectivity index (χ0v) is 25.8. The van der Waals surface area contributed by atoms with E-state index in [2.05, 4.69) is 50.4 Å². The molecule has 0 bridgehead atoms. The third-order valence-electron chi connectivity index (χ3n) is 6.03. The maximum absolute atomic E-state index is 15.8. The number of fused-ring (bicyclic) bond motifs is 1. The lowest BCUT2D eigenvalue weighted by atomic mass is 9.94. The molecule has 0 aliphatic heterocycles. The number of hydrogen-bond donors (Lipinski definition) is 1. The highest BCUT2D eigenvalue weighted by Crippen LogP contribution is 2.36. The van der Waals surface area contributed by atoms with Gasteiger partial charge in [-0.1, -0.05) is 60.7 Å². The summed E-state index contributed by atoms with van der Waals surface area (Å²) in [5.74, 6) is -0.297. The van der Waals surface area contributed by atoms with Gasteiger partial charge in [0.25, 0.3) is 0 Å². The molecule has 0 aliphatic rings. The molecule has 0 saturated heterocycles. The van der Waals surface area contributed by atoms with Gasteiger partial charge < -0.3 is 9.08 Å². The molecule has 37 heavy (non-hydrogen) atoms. The van der Waals surface area contributed by atoms with Crippen LogP contribution in [-0.4, -0.2) is 27.5 Å². The average molecular weight is 623 g/mol. The van der Waals surface area contributed by atoms with Crippen molar-refractivity contribution >= 4 is 63.1 Å². The number of pyridine rings is 1. The molecule has 2 heterocycles. The van der Waals surface area contributed by atoms with Crippen LogP contribution in [0.2, 0.25) is 24.7 Å². The van der Waals surface area contributed by atoms with Crippen LogP contribution in [0.25, 0.3) is 22.2 Å². The molecule has 196 valence electrons. The van der Waals surface area contributed by atoms with Crippen molar-refractivity contribution in [2.75, 3.05) is 0 Å². The molecule has 0 saturated carbocycles. The maximum Gasteiger partial charge on any atom is 0.169 e. The van der Waals surface area contributed by atoms with Gasteiger partial charge in [0, 0.05) is 39.8 Å². The normalized spacial score (nSPS) is 14.2. The third-order valence-corrected chi connectivity index (χ3v) is 10.3. The zero-order valence-electron chi connectivity index (χ0n) is 21.7. The first-order valence-corrected chi connectivity index (χ1v) is 17.8. The number of aromatic nitrogens is 2. The van der Waals surface area contributed by atoms with E-state index in [1.807, 2.05) is 51.1 Å². The lowest BCUT2D eigenvalue weighted by Crippen LogP contribution is -2.43. The minimum atomic E-state index is -1.98. The summed E-state index contributed by atoms with van der Waals surface area (Å²) < 4.78 is 38.0. The van der Waals surface area contributed by atoms with Crippen LogP contribution < -0.4 is 9.91 Å². The van der Waals surface area contributed by atoms with Crippen LogP contribution in [0.4, 0.5) is 4.39 Å². The van der Waals surface area contributed by atoms with Crippen molar-refractivity contribution in [2.24, 2.45) is 0 Å². The van der Waals surface area contributed by atoms with Crippen molar-refractivity contribution in [3.63, 3.8) is 0 Å². The summed E-state index contributed by atoms with van der Waals surface area (Å²) in [6.45, 7) is 12.0. The molecular formula is C27H30BrClFN3O2SSi. The second kappa shape index (κ2) is 10.8. The largest absolute Gasteiger partial charge is 0.598 e. The minimum absolute atomic E-state index is 0.198. The lowest BCUT2D eigenvalue weighted by molar-refractivity contribution is 0.459. The maximum atomic E-state index is 15.8. The van der Waals surface area contributed by atoms with Crippen LogP contribution in [0.1, 0.15) is 38.1 Å². The Bertz CT molecular complexity index is 1440. The molecule has 2 atom stereocenters. The molecule has 4 rings (SSSR count). The molecule has 10 heteroatoms. The predicted molar refractivity (Wildman–Crippen MR) is 157 cm³/mol. The van der Waals surface area contributed by atoms with E-state index in [1.165, 1.54) is 0 Å². The van der Waals surface area contributed by atoms with Crippen molar-refractivity contribution in [3.05, 3.63) is 75.2 Å². The smallest absolute Gasteiger partial charge is 0.169 e. The third kappa shape index (κ3) is 6.29. The summed E-state index contributed by atoms with van der Waals surface area (Å²) in [7, 11) is -1.98. The standard InChI is InChI=1S/C27H30BrClFN3O2SSi/c1-27(2,3)36(34)33-20(14-21-25(30)23(37(4,5)6)15-24(28)31-21)17-9-7-8-10-18(17)26-19-12-11-16(29)13-22(19)35-32-26/h7-13,15,20,33H,14H2,1-6H3/t20?,36-/m0/s1. The summed E-state index contributed by atoms with van der Waals surface area (Å²) in [4.78, 5) is 4.51. The fourth-order valence-electron chi connectivity index (χ4n) is 4.07. The van der Waals surface area contributed by atoms with Gasteiger partial charge in [-0.2, -0.15) is 0 Å². The fourth-order valence-corrected chi connectivity index (χ4v) is 7.08. The number of hydrogen-bond acceptors (Lipinski definition) is 5. The van der Waals surface area contributed by atoms with Crippen molar-refractivity contribution in [3.8, 4) is 11.3 Å². The molecule has 0 radical (unpaired) electrons. The van der Waals surface area contributed by atoms with Gasteiger partial charge in [-0.3, -0.25) is 0 Å². The highest BCUT2D eigenvalue weighted by molar-refractivity contribution is 9.10. The van der Waals surface area contributed by atoms with E-state index in [-0.39, 0.29) is 12.2 Å². The Labute approximate surface area is 234 Å². The van der Waals surface area contributed by atoms with Crippen LogP contribution in [-0.2, 0) is 17.8 Å². The molecule has 2 aromatic heterocycles. The molecule has 0 aliphatic carbocycles. The fraction of sp³-hybridized carbons (Fsp3) is 0.333. The Morgan fingerprint density at radius 3 is 2.54 bits per heavy atom. The van der Waals surface area contributed by atoms with Crippen LogP contribution in [0.5, 0.6) is 0 Å². The van der Waals surface area contributed by atoms with Crippen LogP contribution >= 0.6 is 27.5 Å². The van der Waals surface area contributed by atoms with Gasteiger partial charge in [-0.05, 0) is 65.7 Å². The van der Waals surface area contributed by atoms with Crippen molar-refractivity contribution < 1.29 is 13.5 Å². The van der Waals surface area contributed by atoms with E-state index in [1.54, 1.807) is 18.2 Å². The topological polar surface area (TPSA) is 74.0 Å². The van der Waals surface area contributed by atoms with Crippen LogP contribution in [0.3, 0.4) is 0 Å². The van der Waals surface area contributed by atoms with E-state index in [0.29, 0.717) is 31.8 Å². The van der Waals surface area contributed by atoms with E-state index in [9.17, 15) is 4.55 Å². The second-order valence-corrected chi connectivity index (χ2v) is 19.3. The first kappa shape index (κ1) is 28.3. The van der Waals surface area contributed by atoms with Gasteiger partial charge in [-0.15, -0.1) is 4.72 Å². The van der Waals surface area contributed by atoms with Gasteiger partial charge in [0.1, 0.15) is 20.9 Å². The molecule has 2 aromatic carbocycles. The van der Waals surface area contributed by atoms with Crippen LogP contribution in [0, 0.1) is 5.82 Å². The molecular weight excluding hydrogens is 593 g/mol. The van der Waals surface area contributed by atoms with Crippen molar-refractivity contribution in [2.45, 2.75) is 57.6 Å². The Morgan fingerprint density at radius 2 is 1.86 bits per heavy atom. The summed E-state index contributed by atoms with van der Waals surface area (Å²) in [5, 5.41) is 6.39. The number of nitrogens with one attached hydrogen (secondary N) is 1. The Morgan fingerprint density at radius 1 is 1.16 bits per heavy atom. The summed E-state index contributed by atoms with van der Waals surface area (Å²) in [5.41, 5.74) is 3.15.